The van der Waals surface area contributed by atoms with Crippen LogP contribution in [0, 0.1) is 18.3 Å². The van der Waals surface area contributed by atoms with Gasteiger partial charge in [-0.2, -0.15) is 0 Å². The van der Waals surface area contributed by atoms with E-state index in [1.165, 1.54) is 0 Å². The van der Waals surface area contributed by atoms with Gasteiger partial charge >= 0.3 is 0 Å². The highest BCUT2D eigenvalue weighted by Gasteiger charge is 2.31. The molecule has 0 spiro atoms. The molecule has 0 saturated carbocycles. The Morgan fingerprint density at radius 2 is 2.33 bits per heavy atom. The van der Waals surface area contributed by atoms with E-state index in [9.17, 15) is 4.39 Å². The molecule has 1 nitrogen and oxygen atoms in total. The van der Waals surface area contributed by atoms with Gasteiger partial charge in [-0.3, -0.25) is 9.29 Å². The Bertz CT molecular complexity index is 193. The molecule has 12 heavy (non-hydrogen) atoms. The molecule has 1 rings (SSSR count). The number of hydrogen-bond donors (Lipinski definition) is 0. The average Bonchev–Trinajstić information content (AvgIpc) is 2.52. The molecule has 68 valence electrons. The maximum absolute atomic E-state index is 12.3. The fourth-order valence-corrected chi connectivity index (χ4v) is 1.56. The van der Waals surface area contributed by atoms with Crippen molar-refractivity contribution in [1.82, 2.24) is 4.90 Å². The summed E-state index contributed by atoms with van der Waals surface area (Å²) < 4.78 is 12.3. The monoisotopic (exact) mass is 169 g/mol. The van der Waals surface area contributed by atoms with Crippen molar-refractivity contribution >= 4 is 0 Å². The van der Waals surface area contributed by atoms with Gasteiger partial charge < -0.3 is 0 Å². The summed E-state index contributed by atoms with van der Waals surface area (Å²) in [6, 6.07) is 0. The summed E-state index contributed by atoms with van der Waals surface area (Å²) >= 11 is 0. The lowest BCUT2D eigenvalue weighted by Gasteiger charge is -2.30. The first-order chi connectivity index (χ1) is 5.60. The number of alkyl halides is 1. The van der Waals surface area contributed by atoms with Crippen LogP contribution in [0.1, 0.15) is 20.3 Å². The molecule has 1 aliphatic rings. The van der Waals surface area contributed by atoms with Gasteiger partial charge in [0, 0.05) is 12.5 Å². The first-order valence-corrected chi connectivity index (χ1v) is 4.39. The lowest BCUT2D eigenvalue weighted by atomic mass is 10.1. The minimum atomic E-state index is -0.211. The van der Waals surface area contributed by atoms with Crippen molar-refractivity contribution in [3.8, 4) is 12.3 Å². The van der Waals surface area contributed by atoms with Gasteiger partial charge in [-0.15, -0.1) is 6.42 Å². The SMILES string of the molecule is C#CC(C)(C)N1CCC(CF)C1. The molecule has 0 aromatic carbocycles. The second-order valence-corrected chi connectivity index (χ2v) is 3.96. The molecule has 0 aromatic rings. The summed E-state index contributed by atoms with van der Waals surface area (Å²) in [4.78, 5) is 2.18. The summed E-state index contributed by atoms with van der Waals surface area (Å²) in [6.07, 6.45) is 6.33. The number of nitrogens with zero attached hydrogens (tertiary/aromatic N) is 1. The third-order valence-electron chi connectivity index (χ3n) is 2.65. The maximum Gasteiger partial charge on any atom is 0.0935 e. The highest BCUT2D eigenvalue weighted by Crippen LogP contribution is 2.24. The second kappa shape index (κ2) is 3.45. The summed E-state index contributed by atoms with van der Waals surface area (Å²) in [6.45, 7) is 5.55. The van der Waals surface area contributed by atoms with Crippen LogP contribution < -0.4 is 0 Å². The Labute approximate surface area is 73.9 Å². The normalized spacial score (nSPS) is 25.7. The van der Waals surface area contributed by atoms with Crippen LogP contribution in [0.5, 0.6) is 0 Å². The highest BCUT2D eigenvalue weighted by atomic mass is 19.1. The van der Waals surface area contributed by atoms with Crippen molar-refractivity contribution in [2.45, 2.75) is 25.8 Å². The van der Waals surface area contributed by atoms with Crippen LogP contribution in [0.2, 0.25) is 0 Å². The Morgan fingerprint density at radius 3 is 2.75 bits per heavy atom. The van der Waals surface area contributed by atoms with Crippen LogP contribution in [0.15, 0.2) is 0 Å². The minimum absolute atomic E-state index is 0.204. The van der Waals surface area contributed by atoms with E-state index in [-0.39, 0.29) is 18.1 Å². The molecule has 1 fully saturated rings. The molecule has 1 unspecified atom stereocenters. The molecule has 0 bridgehead atoms. The number of halogens is 1. The van der Waals surface area contributed by atoms with E-state index in [0.29, 0.717) is 0 Å². The molecule has 1 heterocycles. The zero-order valence-electron chi connectivity index (χ0n) is 7.81. The predicted octanol–water partition coefficient (Wildman–Crippen LogP) is 1.69. The summed E-state index contributed by atoms with van der Waals surface area (Å²) in [7, 11) is 0. The van der Waals surface area contributed by atoms with Gasteiger partial charge in [-0.05, 0) is 26.8 Å². The molecule has 1 saturated heterocycles. The van der Waals surface area contributed by atoms with Crippen molar-refractivity contribution in [1.29, 1.82) is 0 Å². The van der Waals surface area contributed by atoms with Gasteiger partial charge in [0.25, 0.3) is 0 Å². The molecular weight excluding hydrogens is 153 g/mol. The van der Waals surface area contributed by atoms with E-state index < -0.39 is 0 Å². The molecule has 0 aliphatic carbocycles. The van der Waals surface area contributed by atoms with Gasteiger partial charge in [0.15, 0.2) is 0 Å². The Kier molecular flexibility index (Phi) is 2.74. The topological polar surface area (TPSA) is 3.24 Å². The maximum atomic E-state index is 12.3. The molecule has 0 amide bonds. The first kappa shape index (κ1) is 9.54. The zero-order chi connectivity index (χ0) is 9.19. The third kappa shape index (κ3) is 1.78. The van der Waals surface area contributed by atoms with E-state index in [1.54, 1.807) is 0 Å². The molecule has 2 heteroatoms. The standard InChI is InChI=1S/C10H16FN/c1-4-10(2,3)12-6-5-9(7-11)8-12/h1,9H,5-8H2,2-3H3. The van der Waals surface area contributed by atoms with E-state index in [0.717, 1.165) is 19.5 Å². The Hall–Kier alpha value is -0.550. The van der Waals surface area contributed by atoms with Crippen molar-refractivity contribution < 1.29 is 4.39 Å². The molecule has 0 N–H and O–H groups in total. The third-order valence-corrected chi connectivity index (χ3v) is 2.65. The van der Waals surface area contributed by atoms with Crippen LogP contribution in [-0.4, -0.2) is 30.2 Å². The second-order valence-electron chi connectivity index (χ2n) is 3.96. The lowest BCUT2D eigenvalue weighted by Crippen LogP contribution is -2.41. The average molecular weight is 169 g/mol. The molecule has 1 aliphatic heterocycles. The van der Waals surface area contributed by atoms with Crippen LogP contribution in [-0.2, 0) is 0 Å². The number of likely N-dealkylation sites (tertiary alicyclic amines) is 1. The van der Waals surface area contributed by atoms with Gasteiger partial charge in [-0.25, -0.2) is 0 Å². The van der Waals surface area contributed by atoms with Gasteiger partial charge in [0.05, 0.1) is 12.2 Å². The van der Waals surface area contributed by atoms with Crippen LogP contribution in [0.4, 0.5) is 4.39 Å². The fourth-order valence-electron chi connectivity index (χ4n) is 1.56. The largest absolute Gasteiger partial charge is 0.287 e. The molecule has 0 radical (unpaired) electrons. The fraction of sp³-hybridized carbons (Fsp3) is 0.800. The lowest BCUT2D eigenvalue weighted by molar-refractivity contribution is 0.200. The zero-order valence-corrected chi connectivity index (χ0v) is 7.81. The van der Waals surface area contributed by atoms with Gasteiger partial charge in [0.1, 0.15) is 0 Å². The van der Waals surface area contributed by atoms with Crippen molar-refractivity contribution in [3.63, 3.8) is 0 Å². The number of rotatable bonds is 2. The van der Waals surface area contributed by atoms with Gasteiger partial charge in [0.2, 0.25) is 0 Å². The Balaban J connectivity index is 2.53. The molecule has 0 aromatic heterocycles. The summed E-state index contributed by atoms with van der Waals surface area (Å²) in [5.74, 6) is 2.94. The van der Waals surface area contributed by atoms with E-state index in [1.807, 2.05) is 13.8 Å². The van der Waals surface area contributed by atoms with Crippen molar-refractivity contribution in [3.05, 3.63) is 0 Å². The molecule has 1 atom stereocenters. The molecular formula is C10H16FN. The predicted molar refractivity (Wildman–Crippen MR) is 48.6 cm³/mol. The van der Waals surface area contributed by atoms with Crippen molar-refractivity contribution in [2.75, 3.05) is 19.8 Å². The van der Waals surface area contributed by atoms with Gasteiger partial charge in [-0.1, -0.05) is 5.92 Å². The minimum Gasteiger partial charge on any atom is -0.287 e. The highest BCUT2D eigenvalue weighted by molar-refractivity contribution is 5.09. The van der Waals surface area contributed by atoms with Crippen molar-refractivity contribution in [2.24, 2.45) is 5.92 Å². The van der Waals surface area contributed by atoms with Crippen LogP contribution in [0.25, 0.3) is 0 Å². The van der Waals surface area contributed by atoms with E-state index >= 15 is 0 Å². The smallest absolute Gasteiger partial charge is 0.0935 e. The van der Waals surface area contributed by atoms with Crippen LogP contribution >= 0.6 is 0 Å². The summed E-state index contributed by atoms with van der Waals surface area (Å²) in [5.41, 5.74) is -0.204. The number of terminal acetylenes is 1. The summed E-state index contributed by atoms with van der Waals surface area (Å²) in [5, 5.41) is 0. The number of hydrogen-bond acceptors (Lipinski definition) is 1. The quantitative estimate of drug-likeness (QED) is 0.569. The van der Waals surface area contributed by atoms with Crippen LogP contribution in [0.3, 0.4) is 0 Å². The van der Waals surface area contributed by atoms with E-state index in [2.05, 4.69) is 10.8 Å². The Morgan fingerprint density at radius 1 is 1.67 bits per heavy atom. The first-order valence-electron chi connectivity index (χ1n) is 4.39. The van der Waals surface area contributed by atoms with E-state index in [4.69, 9.17) is 6.42 Å².